The Hall–Kier alpha value is -1.68. The van der Waals surface area contributed by atoms with Crippen molar-refractivity contribution >= 4 is 0 Å². The van der Waals surface area contributed by atoms with Gasteiger partial charge in [-0.15, -0.1) is 0 Å². The van der Waals surface area contributed by atoms with Gasteiger partial charge >= 0.3 is 0 Å². The van der Waals surface area contributed by atoms with E-state index in [1.165, 1.54) is 24.9 Å². The molecule has 3 rings (SSSR count). The van der Waals surface area contributed by atoms with Crippen LogP contribution in [0.5, 0.6) is 0 Å². The summed E-state index contributed by atoms with van der Waals surface area (Å²) in [4.78, 5) is 10.9. The van der Waals surface area contributed by atoms with Crippen molar-refractivity contribution in [3.63, 3.8) is 0 Å². The summed E-state index contributed by atoms with van der Waals surface area (Å²) in [6, 6.07) is 4.76. The zero-order valence-electron chi connectivity index (χ0n) is 10.4. The molecule has 2 aromatic heterocycles. The molecule has 1 atom stereocenters. The highest BCUT2D eigenvalue weighted by molar-refractivity contribution is 5.15. The molecule has 1 unspecified atom stereocenters. The van der Waals surface area contributed by atoms with E-state index in [-0.39, 0.29) is 0 Å². The third kappa shape index (κ3) is 2.43. The molecule has 1 aliphatic rings. The lowest BCUT2D eigenvalue weighted by Crippen LogP contribution is -2.27. The summed E-state index contributed by atoms with van der Waals surface area (Å²) in [5.74, 6) is 0. The maximum atomic E-state index is 4.23. The molecule has 1 aliphatic heterocycles. The minimum absolute atomic E-state index is 0.544. The minimum atomic E-state index is 0.544. The van der Waals surface area contributed by atoms with Gasteiger partial charge in [-0.3, -0.25) is 9.88 Å². The quantitative estimate of drug-likeness (QED) is 0.823. The zero-order chi connectivity index (χ0) is 12.2. The van der Waals surface area contributed by atoms with E-state index < -0.39 is 0 Å². The van der Waals surface area contributed by atoms with Crippen LogP contribution in [0.25, 0.3) is 0 Å². The van der Waals surface area contributed by atoms with Gasteiger partial charge < -0.3 is 4.57 Å². The third-order valence-electron chi connectivity index (χ3n) is 3.64. The highest BCUT2D eigenvalue weighted by Gasteiger charge is 2.25. The zero-order valence-corrected chi connectivity index (χ0v) is 10.4. The Morgan fingerprint density at radius 1 is 1.22 bits per heavy atom. The fourth-order valence-electron chi connectivity index (χ4n) is 2.71. The molecule has 0 saturated carbocycles. The first-order valence-electron chi connectivity index (χ1n) is 6.53. The average Bonchev–Trinajstić information content (AvgIpc) is 3.09. The number of aromatic nitrogens is 3. The highest BCUT2D eigenvalue weighted by Crippen LogP contribution is 2.30. The van der Waals surface area contributed by atoms with Crippen LogP contribution < -0.4 is 0 Å². The van der Waals surface area contributed by atoms with Crippen molar-refractivity contribution in [3.8, 4) is 0 Å². The second-order valence-corrected chi connectivity index (χ2v) is 4.78. The second kappa shape index (κ2) is 5.31. The minimum Gasteiger partial charge on any atom is -0.336 e. The number of hydrogen-bond acceptors (Lipinski definition) is 3. The van der Waals surface area contributed by atoms with Crippen molar-refractivity contribution in [1.82, 2.24) is 19.4 Å². The first-order valence-corrected chi connectivity index (χ1v) is 6.53. The van der Waals surface area contributed by atoms with E-state index >= 15 is 0 Å². The molecule has 3 heterocycles. The summed E-state index contributed by atoms with van der Waals surface area (Å²) >= 11 is 0. The number of hydrogen-bond donors (Lipinski definition) is 0. The second-order valence-electron chi connectivity index (χ2n) is 4.78. The number of pyridine rings is 1. The Kier molecular flexibility index (Phi) is 3.37. The Labute approximate surface area is 107 Å². The smallest absolute Gasteiger partial charge is 0.0946 e. The molecular weight excluding hydrogens is 224 g/mol. The standard InChI is InChI=1S/C14H18N4/c1-3-13(11-15-5-1)14-4-2-7-18(14)10-9-17-8-6-16-12-17/h1,3,5-6,8,11-12,14H,2,4,7,9-10H2. The van der Waals surface area contributed by atoms with Gasteiger partial charge in [0, 0.05) is 43.9 Å². The topological polar surface area (TPSA) is 34.0 Å². The summed E-state index contributed by atoms with van der Waals surface area (Å²) in [5.41, 5.74) is 1.35. The predicted octanol–water partition coefficient (Wildman–Crippen LogP) is 2.12. The Balaban J connectivity index is 1.65. The normalized spacial score (nSPS) is 20.3. The van der Waals surface area contributed by atoms with Gasteiger partial charge in [-0.05, 0) is 31.0 Å². The van der Waals surface area contributed by atoms with Gasteiger partial charge in [0.05, 0.1) is 6.33 Å². The summed E-state index contributed by atoms with van der Waals surface area (Å²) in [7, 11) is 0. The summed E-state index contributed by atoms with van der Waals surface area (Å²) in [5, 5.41) is 0. The summed E-state index contributed by atoms with van der Waals surface area (Å²) < 4.78 is 2.14. The Morgan fingerprint density at radius 3 is 3.00 bits per heavy atom. The van der Waals surface area contributed by atoms with Crippen LogP contribution in [0.15, 0.2) is 43.2 Å². The maximum Gasteiger partial charge on any atom is 0.0946 e. The number of nitrogens with zero attached hydrogens (tertiary/aromatic N) is 4. The number of likely N-dealkylation sites (tertiary alicyclic amines) is 1. The van der Waals surface area contributed by atoms with Crippen LogP contribution in [0.3, 0.4) is 0 Å². The van der Waals surface area contributed by atoms with Gasteiger partial charge in [-0.1, -0.05) is 6.07 Å². The summed E-state index contributed by atoms with van der Waals surface area (Å²) in [6.07, 6.45) is 12.1. The van der Waals surface area contributed by atoms with E-state index in [0.29, 0.717) is 6.04 Å². The van der Waals surface area contributed by atoms with Crippen LogP contribution in [-0.4, -0.2) is 32.5 Å². The van der Waals surface area contributed by atoms with Gasteiger partial charge in [0.25, 0.3) is 0 Å². The van der Waals surface area contributed by atoms with Crippen molar-refractivity contribution < 1.29 is 0 Å². The van der Waals surface area contributed by atoms with Gasteiger partial charge in [-0.2, -0.15) is 0 Å². The van der Waals surface area contributed by atoms with Crippen LogP contribution in [-0.2, 0) is 6.54 Å². The largest absolute Gasteiger partial charge is 0.336 e. The van der Waals surface area contributed by atoms with Crippen molar-refractivity contribution in [2.24, 2.45) is 0 Å². The molecule has 0 amide bonds. The molecule has 0 aliphatic carbocycles. The first-order chi connectivity index (χ1) is 8.93. The number of rotatable bonds is 4. The fourth-order valence-corrected chi connectivity index (χ4v) is 2.71. The predicted molar refractivity (Wildman–Crippen MR) is 70.0 cm³/mol. The lowest BCUT2D eigenvalue weighted by Gasteiger charge is -2.24. The van der Waals surface area contributed by atoms with Crippen LogP contribution in [0.1, 0.15) is 24.4 Å². The van der Waals surface area contributed by atoms with E-state index in [0.717, 1.165) is 13.1 Å². The maximum absolute atomic E-state index is 4.23. The first kappa shape index (κ1) is 11.4. The fraction of sp³-hybridized carbons (Fsp3) is 0.429. The van der Waals surface area contributed by atoms with Crippen LogP contribution in [0.2, 0.25) is 0 Å². The molecule has 2 aromatic rings. The SMILES string of the molecule is c1cncc(C2CCCN2CCn2ccnc2)c1. The van der Waals surface area contributed by atoms with Crippen molar-refractivity contribution in [3.05, 3.63) is 48.8 Å². The third-order valence-corrected chi connectivity index (χ3v) is 3.64. The van der Waals surface area contributed by atoms with Gasteiger partial charge in [0.1, 0.15) is 0 Å². The molecule has 18 heavy (non-hydrogen) atoms. The Bertz CT molecular complexity index is 466. The van der Waals surface area contributed by atoms with E-state index in [2.05, 4.69) is 25.5 Å². The molecule has 0 radical (unpaired) electrons. The Morgan fingerprint density at radius 2 is 2.22 bits per heavy atom. The van der Waals surface area contributed by atoms with Crippen molar-refractivity contribution in [1.29, 1.82) is 0 Å². The molecule has 4 heteroatoms. The highest BCUT2D eigenvalue weighted by atomic mass is 15.2. The molecular formula is C14H18N4. The van der Waals surface area contributed by atoms with Gasteiger partial charge in [-0.25, -0.2) is 4.98 Å². The summed E-state index contributed by atoms with van der Waals surface area (Å²) in [6.45, 7) is 3.28. The van der Waals surface area contributed by atoms with Gasteiger partial charge in [0.15, 0.2) is 0 Å². The van der Waals surface area contributed by atoms with E-state index in [4.69, 9.17) is 0 Å². The van der Waals surface area contributed by atoms with E-state index in [1.54, 1.807) is 0 Å². The average molecular weight is 242 g/mol. The lowest BCUT2D eigenvalue weighted by molar-refractivity contribution is 0.246. The lowest BCUT2D eigenvalue weighted by atomic mass is 10.1. The van der Waals surface area contributed by atoms with Crippen molar-refractivity contribution in [2.75, 3.05) is 13.1 Å². The van der Waals surface area contributed by atoms with E-state index in [1.807, 2.05) is 37.2 Å². The molecule has 4 nitrogen and oxygen atoms in total. The molecule has 1 saturated heterocycles. The number of imidazole rings is 1. The van der Waals surface area contributed by atoms with Crippen LogP contribution in [0.4, 0.5) is 0 Å². The molecule has 1 fully saturated rings. The van der Waals surface area contributed by atoms with Gasteiger partial charge in [0.2, 0.25) is 0 Å². The molecule has 0 N–H and O–H groups in total. The van der Waals surface area contributed by atoms with Crippen LogP contribution in [0, 0.1) is 0 Å². The van der Waals surface area contributed by atoms with Crippen LogP contribution >= 0.6 is 0 Å². The molecule has 94 valence electrons. The van der Waals surface area contributed by atoms with Crippen molar-refractivity contribution in [2.45, 2.75) is 25.4 Å². The molecule has 0 aromatic carbocycles. The van der Waals surface area contributed by atoms with E-state index in [9.17, 15) is 0 Å². The molecule has 0 spiro atoms. The molecule has 0 bridgehead atoms. The monoisotopic (exact) mass is 242 g/mol.